The van der Waals surface area contributed by atoms with Crippen LogP contribution in [0.3, 0.4) is 0 Å². The Hall–Kier alpha value is -2.37. The number of nitrogens with one attached hydrogen (secondary N) is 1. The quantitative estimate of drug-likeness (QED) is 0.665. The van der Waals surface area contributed by atoms with E-state index in [1.54, 1.807) is 29.2 Å². The van der Waals surface area contributed by atoms with Crippen LogP contribution in [0.2, 0.25) is 0 Å². The third kappa shape index (κ3) is 1.50. The first-order valence-corrected chi connectivity index (χ1v) is 4.81. The normalized spacial score (nSPS) is 11.0. The molecule has 80 valence electrons. The summed E-state index contributed by atoms with van der Waals surface area (Å²) in [6, 6.07) is 5.03. The molecule has 2 aromatic heterocycles. The number of hydrogen-bond donors (Lipinski definition) is 2. The van der Waals surface area contributed by atoms with Gasteiger partial charge in [-0.25, -0.2) is 14.6 Å². The minimum absolute atomic E-state index is 0.225. The highest BCUT2D eigenvalue weighted by atomic mass is 16.3. The summed E-state index contributed by atoms with van der Waals surface area (Å²) < 4.78 is 1.68. The summed E-state index contributed by atoms with van der Waals surface area (Å²) in [4.78, 5) is 11.3. The van der Waals surface area contributed by atoms with E-state index >= 15 is 0 Å². The number of phenols is 1. The second-order valence-electron chi connectivity index (χ2n) is 3.48. The van der Waals surface area contributed by atoms with E-state index in [0.717, 1.165) is 16.9 Å². The summed E-state index contributed by atoms with van der Waals surface area (Å²) >= 11 is 0. The lowest BCUT2D eigenvalue weighted by Gasteiger charge is -1.94. The fourth-order valence-corrected chi connectivity index (χ4v) is 1.59. The molecule has 0 aliphatic rings. The molecule has 0 saturated carbocycles. The van der Waals surface area contributed by atoms with Crippen LogP contribution in [0, 0.1) is 0 Å². The lowest BCUT2D eigenvalue weighted by Crippen LogP contribution is -2.01. The number of aromatic amines is 1. The lowest BCUT2D eigenvalue weighted by atomic mass is 10.3. The van der Waals surface area contributed by atoms with E-state index in [9.17, 15) is 5.11 Å². The van der Waals surface area contributed by atoms with Crippen LogP contribution >= 0.6 is 0 Å². The van der Waals surface area contributed by atoms with Crippen molar-refractivity contribution in [2.45, 2.75) is 6.54 Å². The maximum Gasteiger partial charge on any atom is 0.137 e. The Morgan fingerprint density at radius 1 is 1.38 bits per heavy atom. The summed E-state index contributed by atoms with van der Waals surface area (Å²) in [5.41, 5.74) is 1.64. The highest BCUT2D eigenvalue weighted by Gasteiger charge is 2.04. The zero-order chi connectivity index (χ0) is 11.0. The Balaban J connectivity index is 1.99. The van der Waals surface area contributed by atoms with Gasteiger partial charge in [0.2, 0.25) is 0 Å². The van der Waals surface area contributed by atoms with Gasteiger partial charge in [-0.1, -0.05) is 0 Å². The van der Waals surface area contributed by atoms with Crippen molar-refractivity contribution in [2.75, 3.05) is 0 Å². The van der Waals surface area contributed by atoms with Gasteiger partial charge in [0.1, 0.15) is 30.8 Å². The molecule has 0 unspecified atom stereocenters. The van der Waals surface area contributed by atoms with E-state index in [1.807, 2.05) is 0 Å². The van der Waals surface area contributed by atoms with E-state index in [1.165, 1.54) is 6.33 Å². The number of aromatic nitrogens is 5. The van der Waals surface area contributed by atoms with Crippen molar-refractivity contribution in [3.8, 4) is 5.75 Å². The summed E-state index contributed by atoms with van der Waals surface area (Å²) in [6.45, 7) is 0.537. The number of nitrogens with zero attached hydrogens (tertiary/aromatic N) is 4. The summed E-state index contributed by atoms with van der Waals surface area (Å²) in [7, 11) is 0. The van der Waals surface area contributed by atoms with Gasteiger partial charge in [-0.3, -0.25) is 0 Å². The van der Waals surface area contributed by atoms with E-state index in [4.69, 9.17) is 0 Å². The second kappa shape index (κ2) is 3.34. The van der Waals surface area contributed by atoms with Crippen molar-refractivity contribution in [3.63, 3.8) is 0 Å². The largest absolute Gasteiger partial charge is 0.508 e. The molecule has 0 radical (unpaired) electrons. The van der Waals surface area contributed by atoms with Crippen LogP contribution < -0.4 is 0 Å². The molecular formula is C10H9N5O. The van der Waals surface area contributed by atoms with Gasteiger partial charge in [-0.2, -0.15) is 5.10 Å². The molecule has 6 heteroatoms. The van der Waals surface area contributed by atoms with Gasteiger partial charge in [0.15, 0.2) is 0 Å². The number of phenolic OH excluding ortho intramolecular Hbond substituents is 1. The Bertz CT molecular complexity index is 613. The number of benzene rings is 1. The van der Waals surface area contributed by atoms with Gasteiger partial charge < -0.3 is 10.1 Å². The zero-order valence-corrected chi connectivity index (χ0v) is 8.33. The molecular weight excluding hydrogens is 206 g/mol. The highest BCUT2D eigenvalue weighted by Crippen LogP contribution is 2.17. The zero-order valence-electron chi connectivity index (χ0n) is 8.33. The molecule has 3 aromatic rings. The number of rotatable bonds is 2. The van der Waals surface area contributed by atoms with Crippen LogP contribution in [-0.2, 0) is 6.54 Å². The summed E-state index contributed by atoms with van der Waals surface area (Å²) in [5, 5.41) is 13.3. The first-order valence-electron chi connectivity index (χ1n) is 4.81. The molecule has 0 atom stereocenters. The first-order chi connectivity index (χ1) is 7.81. The van der Waals surface area contributed by atoms with Crippen LogP contribution in [0.1, 0.15) is 5.82 Å². The van der Waals surface area contributed by atoms with E-state index in [-0.39, 0.29) is 5.75 Å². The van der Waals surface area contributed by atoms with Crippen molar-refractivity contribution in [3.05, 3.63) is 36.7 Å². The number of fused-ring (bicyclic) bond motifs is 1. The molecule has 0 saturated heterocycles. The molecule has 2 N–H and O–H groups in total. The topological polar surface area (TPSA) is 79.6 Å². The van der Waals surface area contributed by atoms with Gasteiger partial charge in [-0.15, -0.1) is 0 Å². The molecule has 6 nitrogen and oxygen atoms in total. The van der Waals surface area contributed by atoms with Crippen LogP contribution in [0.25, 0.3) is 11.0 Å². The first kappa shape index (κ1) is 8.90. The average molecular weight is 215 g/mol. The third-order valence-electron chi connectivity index (χ3n) is 2.29. The van der Waals surface area contributed by atoms with Gasteiger partial charge in [0.05, 0.1) is 11.0 Å². The molecule has 0 aliphatic heterocycles. The third-order valence-corrected chi connectivity index (χ3v) is 2.29. The minimum Gasteiger partial charge on any atom is -0.508 e. The molecule has 0 fully saturated rings. The average Bonchev–Trinajstić information content (AvgIpc) is 2.86. The van der Waals surface area contributed by atoms with Crippen LogP contribution in [-0.4, -0.2) is 29.8 Å². The molecule has 0 aliphatic carbocycles. The smallest absolute Gasteiger partial charge is 0.137 e. The number of imidazole rings is 1. The predicted molar refractivity (Wildman–Crippen MR) is 56.9 cm³/mol. The SMILES string of the molecule is Oc1ccc2nc(Cn3cncn3)[nH]c2c1. The fourth-order valence-electron chi connectivity index (χ4n) is 1.59. The molecule has 0 spiro atoms. The van der Waals surface area contributed by atoms with Gasteiger partial charge in [0.25, 0.3) is 0 Å². The molecule has 1 aromatic carbocycles. The Kier molecular flexibility index (Phi) is 1.86. The minimum atomic E-state index is 0.225. The van der Waals surface area contributed by atoms with Crippen LogP contribution in [0.15, 0.2) is 30.9 Å². The summed E-state index contributed by atoms with van der Waals surface area (Å²) in [5.74, 6) is 1.01. The van der Waals surface area contributed by atoms with Crippen LogP contribution in [0.5, 0.6) is 5.75 Å². The molecule has 16 heavy (non-hydrogen) atoms. The monoisotopic (exact) mass is 215 g/mol. The predicted octanol–water partition coefficient (Wildman–Crippen LogP) is 0.908. The highest BCUT2D eigenvalue weighted by molar-refractivity contribution is 5.76. The van der Waals surface area contributed by atoms with Crippen molar-refractivity contribution in [1.29, 1.82) is 0 Å². The summed E-state index contributed by atoms with van der Waals surface area (Å²) in [6.07, 6.45) is 3.11. The number of H-pyrrole nitrogens is 1. The number of hydrogen-bond acceptors (Lipinski definition) is 4. The van der Waals surface area contributed by atoms with Crippen molar-refractivity contribution in [2.24, 2.45) is 0 Å². The van der Waals surface area contributed by atoms with Gasteiger partial charge in [0, 0.05) is 6.07 Å². The maximum atomic E-state index is 9.32. The molecule has 0 bridgehead atoms. The second-order valence-corrected chi connectivity index (χ2v) is 3.48. The van der Waals surface area contributed by atoms with Crippen LogP contribution in [0.4, 0.5) is 0 Å². The number of aromatic hydroxyl groups is 1. The molecule has 2 heterocycles. The van der Waals surface area contributed by atoms with Gasteiger partial charge >= 0.3 is 0 Å². The van der Waals surface area contributed by atoms with E-state index in [2.05, 4.69) is 20.1 Å². The van der Waals surface area contributed by atoms with Crippen molar-refractivity contribution in [1.82, 2.24) is 24.7 Å². The van der Waals surface area contributed by atoms with Crippen molar-refractivity contribution >= 4 is 11.0 Å². The van der Waals surface area contributed by atoms with E-state index in [0.29, 0.717) is 6.54 Å². The fraction of sp³-hybridized carbons (Fsp3) is 0.100. The standard InChI is InChI=1S/C10H9N5O/c16-7-1-2-8-9(3-7)14-10(13-8)4-15-6-11-5-12-15/h1-3,5-6,16H,4H2,(H,13,14). The lowest BCUT2D eigenvalue weighted by molar-refractivity contribution is 0.476. The molecule has 0 amide bonds. The van der Waals surface area contributed by atoms with Crippen molar-refractivity contribution < 1.29 is 5.11 Å². The maximum absolute atomic E-state index is 9.32. The molecule has 3 rings (SSSR count). The van der Waals surface area contributed by atoms with Gasteiger partial charge in [-0.05, 0) is 12.1 Å². The van der Waals surface area contributed by atoms with E-state index < -0.39 is 0 Å². The Morgan fingerprint density at radius 2 is 2.31 bits per heavy atom. The Morgan fingerprint density at radius 3 is 3.12 bits per heavy atom. The Labute approximate surface area is 90.6 Å².